The minimum Gasteiger partial charge on any atom is -0.388 e. The third-order valence-electron chi connectivity index (χ3n) is 3.09. The van der Waals surface area contributed by atoms with Gasteiger partial charge in [-0.25, -0.2) is 0 Å². The topological polar surface area (TPSA) is 20.2 Å². The third-order valence-corrected chi connectivity index (χ3v) is 3.58. The first kappa shape index (κ1) is 13.3. The van der Waals surface area contributed by atoms with Gasteiger partial charge in [0.15, 0.2) is 0 Å². The molecule has 2 aromatic carbocycles. The average Bonchev–Trinajstić information content (AvgIpc) is 2.39. The Kier molecular flexibility index (Phi) is 4.56. The molecule has 18 heavy (non-hydrogen) atoms. The lowest BCUT2D eigenvalue weighted by Crippen LogP contribution is -2.01. The Labute approximate surface area is 117 Å². The molecule has 2 aromatic rings. The van der Waals surface area contributed by atoms with Crippen LogP contribution in [0.15, 0.2) is 53.0 Å². The van der Waals surface area contributed by atoms with Gasteiger partial charge in [0, 0.05) is 10.9 Å². The molecular weight excluding hydrogens is 288 g/mol. The summed E-state index contributed by atoms with van der Waals surface area (Å²) in [4.78, 5) is 0. The first-order valence-corrected chi connectivity index (χ1v) is 6.99. The fraction of sp³-hybridized carbons (Fsp3) is 0.250. The molecule has 2 rings (SSSR count). The monoisotopic (exact) mass is 304 g/mol. The van der Waals surface area contributed by atoms with E-state index in [2.05, 4.69) is 35.0 Å². The molecule has 0 fully saturated rings. The number of halogens is 1. The van der Waals surface area contributed by atoms with Crippen molar-refractivity contribution in [3.8, 4) is 0 Å². The maximum Gasteiger partial charge on any atom is 0.0830 e. The molecule has 1 atom stereocenters. The molecule has 0 saturated carbocycles. The van der Waals surface area contributed by atoms with Gasteiger partial charge in [0.25, 0.3) is 0 Å². The van der Waals surface area contributed by atoms with E-state index in [4.69, 9.17) is 0 Å². The van der Waals surface area contributed by atoms with Gasteiger partial charge in [-0.05, 0) is 35.2 Å². The molecule has 0 aliphatic heterocycles. The van der Waals surface area contributed by atoms with Gasteiger partial charge in [-0.15, -0.1) is 0 Å². The minimum atomic E-state index is -0.440. The fourth-order valence-electron chi connectivity index (χ4n) is 1.98. The second-order valence-corrected chi connectivity index (χ2v) is 5.36. The van der Waals surface area contributed by atoms with Crippen LogP contribution in [0, 0.1) is 0 Å². The zero-order valence-electron chi connectivity index (χ0n) is 10.4. The lowest BCUT2D eigenvalue weighted by atomic mass is 10.00. The average molecular weight is 305 g/mol. The van der Waals surface area contributed by atoms with E-state index >= 15 is 0 Å². The van der Waals surface area contributed by atoms with E-state index < -0.39 is 6.10 Å². The number of hydrogen-bond acceptors (Lipinski definition) is 1. The molecular formula is C16H17BrO. The van der Waals surface area contributed by atoms with Crippen LogP contribution in [0.4, 0.5) is 0 Å². The Hall–Kier alpha value is -1.12. The van der Waals surface area contributed by atoms with Crippen LogP contribution < -0.4 is 0 Å². The zero-order valence-corrected chi connectivity index (χ0v) is 12.0. The van der Waals surface area contributed by atoms with E-state index in [1.165, 1.54) is 5.56 Å². The maximum absolute atomic E-state index is 10.2. The molecule has 0 aromatic heterocycles. The van der Waals surface area contributed by atoms with Gasteiger partial charge < -0.3 is 5.11 Å². The predicted molar refractivity (Wildman–Crippen MR) is 78.6 cm³/mol. The van der Waals surface area contributed by atoms with Crippen molar-refractivity contribution in [3.05, 3.63) is 69.7 Å². The van der Waals surface area contributed by atoms with Crippen LogP contribution in [-0.2, 0) is 12.8 Å². The van der Waals surface area contributed by atoms with E-state index in [9.17, 15) is 5.11 Å². The van der Waals surface area contributed by atoms with Crippen LogP contribution >= 0.6 is 15.9 Å². The first-order valence-electron chi connectivity index (χ1n) is 6.20. The smallest absolute Gasteiger partial charge is 0.0830 e. The molecule has 0 bridgehead atoms. The Bertz CT molecular complexity index is 505. The summed E-state index contributed by atoms with van der Waals surface area (Å²) in [5.41, 5.74) is 3.41. The molecule has 1 N–H and O–H groups in total. The van der Waals surface area contributed by atoms with Gasteiger partial charge in [-0.1, -0.05) is 59.3 Å². The SMILES string of the molecule is CCc1ccc(C(O)Cc2cccc(Br)c2)cc1. The van der Waals surface area contributed by atoms with E-state index in [1.807, 2.05) is 36.4 Å². The highest BCUT2D eigenvalue weighted by molar-refractivity contribution is 9.10. The van der Waals surface area contributed by atoms with Gasteiger partial charge >= 0.3 is 0 Å². The standard InChI is InChI=1S/C16H17BrO/c1-2-12-6-8-14(9-7-12)16(18)11-13-4-3-5-15(17)10-13/h3-10,16,18H,2,11H2,1H3. The highest BCUT2D eigenvalue weighted by atomic mass is 79.9. The van der Waals surface area contributed by atoms with Gasteiger partial charge in [0.1, 0.15) is 0 Å². The second kappa shape index (κ2) is 6.17. The Morgan fingerprint density at radius 2 is 1.78 bits per heavy atom. The highest BCUT2D eigenvalue weighted by Gasteiger charge is 2.08. The molecule has 0 amide bonds. The summed E-state index contributed by atoms with van der Waals surface area (Å²) in [5.74, 6) is 0. The van der Waals surface area contributed by atoms with E-state index in [1.54, 1.807) is 0 Å². The van der Waals surface area contributed by atoms with Crippen molar-refractivity contribution in [2.45, 2.75) is 25.9 Å². The lowest BCUT2D eigenvalue weighted by Gasteiger charge is -2.12. The number of benzene rings is 2. The Morgan fingerprint density at radius 1 is 1.06 bits per heavy atom. The summed E-state index contributed by atoms with van der Waals surface area (Å²) in [5, 5.41) is 10.2. The molecule has 0 aliphatic carbocycles. The number of aliphatic hydroxyl groups excluding tert-OH is 1. The Morgan fingerprint density at radius 3 is 2.39 bits per heavy atom. The molecule has 0 radical (unpaired) electrons. The third kappa shape index (κ3) is 3.44. The van der Waals surface area contributed by atoms with Gasteiger partial charge in [0.2, 0.25) is 0 Å². The quantitative estimate of drug-likeness (QED) is 0.893. The zero-order chi connectivity index (χ0) is 13.0. The number of hydrogen-bond donors (Lipinski definition) is 1. The van der Waals surface area contributed by atoms with E-state index in [0.717, 1.165) is 22.0 Å². The van der Waals surface area contributed by atoms with Gasteiger partial charge in [0.05, 0.1) is 6.10 Å². The van der Waals surface area contributed by atoms with E-state index in [0.29, 0.717) is 6.42 Å². The van der Waals surface area contributed by atoms with Crippen LogP contribution in [0.3, 0.4) is 0 Å². The van der Waals surface area contributed by atoms with Crippen molar-refractivity contribution in [1.82, 2.24) is 0 Å². The second-order valence-electron chi connectivity index (χ2n) is 4.44. The van der Waals surface area contributed by atoms with E-state index in [-0.39, 0.29) is 0 Å². The molecule has 0 saturated heterocycles. The predicted octanol–water partition coefficient (Wildman–Crippen LogP) is 4.29. The normalized spacial score (nSPS) is 12.4. The Balaban J connectivity index is 2.09. The summed E-state index contributed by atoms with van der Waals surface area (Å²) >= 11 is 3.45. The summed E-state index contributed by atoms with van der Waals surface area (Å²) in [6.07, 6.45) is 1.23. The number of rotatable bonds is 4. The van der Waals surface area contributed by atoms with Crippen molar-refractivity contribution in [3.63, 3.8) is 0 Å². The van der Waals surface area contributed by atoms with Crippen LogP contribution in [0.5, 0.6) is 0 Å². The molecule has 0 heterocycles. The van der Waals surface area contributed by atoms with Crippen LogP contribution in [0.2, 0.25) is 0 Å². The molecule has 0 aliphatic rings. The summed E-state index contributed by atoms with van der Waals surface area (Å²) in [6.45, 7) is 2.13. The van der Waals surface area contributed by atoms with Crippen LogP contribution in [-0.4, -0.2) is 5.11 Å². The number of aryl methyl sites for hydroxylation is 1. The minimum absolute atomic E-state index is 0.440. The van der Waals surface area contributed by atoms with Gasteiger partial charge in [-0.3, -0.25) is 0 Å². The van der Waals surface area contributed by atoms with Crippen molar-refractivity contribution in [2.75, 3.05) is 0 Å². The lowest BCUT2D eigenvalue weighted by molar-refractivity contribution is 0.178. The van der Waals surface area contributed by atoms with Crippen molar-refractivity contribution in [2.24, 2.45) is 0 Å². The number of aliphatic hydroxyl groups is 1. The summed E-state index contributed by atoms with van der Waals surface area (Å²) in [7, 11) is 0. The molecule has 1 nitrogen and oxygen atoms in total. The molecule has 94 valence electrons. The maximum atomic E-state index is 10.2. The fourth-order valence-corrected chi connectivity index (χ4v) is 2.43. The summed E-state index contributed by atoms with van der Waals surface area (Å²) < 4.78 is 1.05. The molecule has 0 spiro atoms. The van der Waals surface area contributed by atoms with Crippen LogP contribution in [0.1, 0.15) is 29.7 Å². The largest absolute Gasteiger partial charge is 0.388 e. The van der Waals surface area contributed by atoms with Crippen molar-refractivity contribution in [1.29, 1.82) is 0 Å². The van der Waals surface area contributed by atoms with Crippen molar-refractivity contribution < 1.29 is 5.11 Å². The van der Waals surface area contributed by atoms with Crippen molar-refractivity contribution >= 4 is 15.9 Å². The van der Waals surface area contributed by atoms with Crippen LogP contribution in [0.25, 0.3) is 0 Å². The molecule has 2 heteroatoms. The first-order chi connectivity index (χ1) is 8.69. The van der Waals surface area contributed by atoms with Gasteiger partial charge in [-0.2, -0.15) is 0 Å². The molecule has 1 unspecified atom stereocenters. The summed E-state index contributed by atoms with van der Waals surface area (Å²) in [6, 6.07) is 16.3. The highest BCUT2D eigenvalue weighted by Crippen LogP contribution is 2.21.